The second kappa shape index (κ2) is 4.41. The highest BCUT2D eigenvalue weighted by molar-refractivity contribution is 5.84. The molecule has 80 valence electrons. The lowest BCUT2D eigenvalue weighted by atomic mass is 10.0. The van der Waals surface area contributed by atoms with E-state index in [0.29, 0.717) is 6.54 Å². The van der Waals surface area contributed by atoms with E-state index >= 15 is 0 Å². The lowest BCUT2D eigenvalue weighted by Gasteiger charge is -2.23. The number of carbonyl (C=O) groups is 2. The summed E-state index contributed by atoms with van der Waals surface area (Å²) >= 11 is 0. The molecule has 0 saturated carbocycles. The average Bonchev–Trinajstić information content (AvgIpc) is 2.47. The SMILES string of the molecule is CC1CCN(C(=O)CCN)C1C(=O)O. The van der Waals surface area contributed by atoms with E-state index in [0.717, 1.165) is 6.42 Å². The summed E-state index contributed by atoms with van der Waals surface area (Å²) < 4.78 is 0. The van der Waals surface area contributed by atoms with E-state index < -0.39 is 12.0 Å². The zero-order valence-electron chi connectivity index (χ0n) is 8.27. The van der Waals surface area contributed by atoms with Gasteiger partial charge in [0.1, 0.15) is 6.04 Å². The number of likely N-dealkylation sites (tertiary alicyclic amines) is 1. The van der Waals surface area contributed by atoms with Gasteiger partial charge in [0, 0.05) is 19.5 Å². The van der Waals surface area contributed by atoms with E-state index in [4.69, 9.17) is 10.8 Å². The zero-order chi connectivity index (χ0) is 10.7. The Kier molecular flexibility index (Phi) is 3.46. The van der Waals surface area contributed by atoms with Gasteiger partial charge in [-0.05, 0) is 12.3 Å². The zero-order valence-corrected chi connectivity index (χ0v) is 8.27. The van der Waals surface area contributed by atoms with E-state index in [1.165, 1.54) is 4.90 Å². The van der Waals surface area contributed by atoms with Crippen LogP contribution in [-0.4, -0.2) is 41.0 Å². The number of rotatable bonds is 3. The summed E-state index contributed by atoms with van der Waals surface area (Å²) in [6.45, 7) is 2.67. The lowest BCUT2D eigenvalue weighted by molar-refractivity contribution is -0.149. The molecular weight excluding hydrogens is 184 g/mol. The molecule has 5 heteroatoms. The molecule has 1 amide bonds. The molecular formula is C9H16N2O3. The predicted octanol–water partition coefficient (Wildman–Crippen LogP) is -0.343. The summed E-state index contributed by atoms with van der Waals surface area (Å²) in [5.74, 6) is -1.03. The van der Waals surface area contributed by atoms with Gasteiger partial charge in [-0.2, -0.15) is 0 Å². The van der Waals surface area contributed by atoms with E-state index in [1.807, 2.05) is 6.92 Å². The van der Waals surface area contributed by atoms with Crippen LogP contribution in [0.2, 0.25) is 0 Å². The number of hydrogen-bond acceptors (Lipinski definition) is 3. The van der Waals surface area contributed by atoms with Crippen LogP contribution < -0.4 is 5.73 Å². The van der Waals surface area contributed by atoms with Crippen LogP contribution in [0.3, 0.4) is 0 Å². The summed E-state index contributed by atoms with van der Waals surface area (Å²) in [5.41, 5.74) is 5.26. The second-order valence-electron chi connectivity index (χ2n) is 3.67. The van der Waals surface area contributed by atoms with E-state index in [2.05, 4.69) is 0 Å². The molecule has 1 rings (SSSR count). The first kappa shape index (κ1) is 11.0. The van der Waals surface area contributed by atoms with Crippen LogP contribution in [0, 0.1) is 5.92 Å². The standard InChI is InChI=1S/C9H16N2O3/c1-6-3-5-11(7(12)2-4-10)8(6)9(13)14/h6,8H,2-5,10H2,1H3,(H,13,14). The molecule has 5 nitrogen and oxygen atoms in total. The maximum absolute atomic E-state index is 11.5. The van der Waals surface area contributed by atoms with Gasteiger partial charge in [-0.15, -0.1) is 0 Å². The molecule has 0 aromatic rings. The number of nitrogens with two attached hydrogens (primary N) is 1. The maximum Gasteiger partial charge on any atom is 0.326 e. The molecule has 0 aliphatic carbocycles. The third kappa shape index (κ3) is 2.04. The molecule has 2 atom stereocenters. The van der Waals surface area contributed by atoms with Crippen molar-refractivity contribution in [3.63, 3.8) is 0 Å². The third-order valence-electron chi connectivity index (χ3n) is 2.63. The Bertz CT molecular complexity index is 242. The van der Waals surface area contributed by atoms with Crippen molar-refractivity contribution in [1.29, 1.82) is 0 Å². The van der Waals surface area contributed by atoms with Gasteiger partial charge in [0.05, 0.1) is 0 Å². The van der Waals surface area contributed by atoms with Crippen LogP contribution in [0.5, 0.6) is 0 Å². The number of amides is 1. The topological polar surface area (TPSA) is 83.6 Å². The first-order chi connectivity index (χ1) is 6.57. The summed E-state index contributed by atoms with van der Waals surface area (Å²) in [7, 11) is 0. The van der Waals surface area contributed by atoms with Crippen LogP contribution in [0.15, 0.2) is 0 Å². The van der Waals surface area contributed by atoms with E-state index in [-0.39, 0.29) is 24.8 Å². The minimum atomic E-state index is -0.916. The number of carboxylic acids is 1. The van der Waals surface area contributed by atoms with Gasteiger partial charge < -0.3 is 15.7 Å². The smallest absolute Gasteiger partial charge is 0.326 e. The lowest BCUT2D eigenvalue weighted by Crippen LogP contribution is -2.43. The number of hydrogen-bond donors (Lipinski definition) is 2. The highest BCUT2D eigenvalue weighted by atomic mass is 16.4. The first-order valence-electron chi connectivity index (χ1n) is 4.80. The predicted molar refractivity (Wildman–Crippen MR) is 50.6 cm³/mol. The fourth-order valence-electron chi connectivity index (χ4n) is 1.87. The molecule has 3 N–H and O–H groups in total. The highest BCUT2D eigenvalue weighted by Crippen LogP contribution is 2.24. The van der Waals surface area contributed by atoms with E-state index in [1.54, 1.807) is 0 Å². The first-order valence-corrected chi connectivity index (χ1v) is 4.80. The number of carbonyl (C=O) groups excluding carboxylic acids is 1. The fraction of sp³-hybridized carbons (Fsp3) is 0.778. The van der Waals surface area contributed by atoms with Crippen molar-refractivity contribution in [2.24, 2.45) is 11.7 Å². The van der Waals surface area contributed by atoms with Crippen LogP contribution in [0.25, 0.3) is 0 Å². The van der Waals surface area contributed by atoms with Gasteiger partial charge in [-0.1, -0.05) is 6.92 Å². The maximum atomic E-state index is 11.5. The van der Waals surface area contributed by atoms with Crippen LogP contribution in [0.4, 0.5) is 0 Å². The van der Waals surface area contributed by atoms with Gasteiger partial charge in [-0.3, -0.25) is 4.79 Å². The molecule has 0 aromatic heterocycles. The molecule has 0 aromatic carbocycles. The average molecular weight is 200 g/mol. The third-order valence-corrected chi connectivity index (χ3v) is 2.63. The van der Waals surface area contributed by atoms with Crippen molar-refractivity contribution in [3.05, 3.63) is 0 Å². The Labute approximate surface area is 82.9 Å². The number of aliphatic carboxylic acids is 1. The fourth-order valence-corrected chi connectivity index (χ4v) is 1.87. The second-order valence-corrected chi connectivity index (χ2v) is 3.67. The molecule has 1 aliphatic rings. The Hall–Kier alpha value is -1.10. The molecule has 1 heterocycles. The normalized spacial score (nSPS) is 26.6. The van der Waals surface area contributed by atoms with Crippen molar-refractivity contribution in [2.75, 3.05) is 13.1 Å². The Morgan fingerprint density at radius 1 is 1.57 bits per heavy atom. The Balaban J connectivity index is 2.69. The van der Waals surface area contributed by atoms with Crippen LogP contribution in [-0.2, 0) is 9.59 Å². The summed E-state index contributed by atoms with van der Waals surface area (Å²) in [6, 6.07) is -0.658. The van der Waals surface area contributed by atoms with Gasteiger partial charge in [0.2, 0.25) is 5.91 Å². The summed E-state index contributed by atoms with van der Waals surface area (Å²) in [6.07, 6.45) is 0.990. The Morgan fingerprint density at radius 2 is 2.21 bits per heavy atom. The van der Waals surface area contributed by atoms with Crippen LogP contribution in [0.1, 0.15) is 19.8 Å². The largest absolute Gasteiger partial charge is 0.480 e. The minimum Gasteiger partial charge on any atom is -0.480 e. The molecule has 14 heavy (non-hydrogen) atoms. The summed E-state index contributed by atoms with van der Waals surface area (Å²) in [5, 5.41) is 8.95. The minimum absolute atomic E-state index is 0.0363. The monoisotopic (exact) mass is 200 g/mol. The molecule has 0 spiro atoms. The van der Waals surface area contributed by atoms with Crippen molar-refractivity contribution in [3.8, 4) is 0 Å². The van der Waals surface area contributed by atoms with Crippen molar-refractivity contribution >= 4 is 11.9 Å². The summed E-state index contributed by atoms with van der Waals surface area (Å²) in [4.78, 5) is 23.8. The van der Waals surface area contributed by atoms with Gasteiger partial charge in [-0.25, -0.2) is 4.79 Å². The molecule has 1 saturated heterocycles. The Morgan fingerprint density at radius 3 is 2.71 bits per heavy atom. The van der Waals surface area contributed by atoms with Crippen LogP contribution >= 0.6 is 0 Å². The van der Waals surface area contributed by atoms with Crippen molar-refractivity contribution in [1.82, 2.24) is 4.90 Å². The quantitative estimate of drug-likeness (QED) is 0.652. The highest BCUT2D eigenvalue weighted by Gasteiger charge is 2.38. The molecule has 2 unspecified atom stereocenters. The van der Waals surface area contributed by atoms with Crippen molar-refractivity contribution < 1.29 is 14.7 Å². The van der Waals surface area contributed by atoms with Gasteiger partial charge in [0.25, 0.3) is 0 Å². The number of carboxylic acid groups (broad SMARTS) is 1. The molecule has 0 bridgehead atoms. The number of nitrogens with zero attached hydrogens (tertiary/aromatic N) is 1. The molecule has 0 radical (unpaired) electrons. The van der Waals surface area contributed by atoms with Gasteiger partial charge >= 0.3 is 5.97 Å². The molecule has 1 aliphatic heterocycles. The molecule has 1 fully saturated rings. The van der Waals surface area contributed by atoms with Gasteiger partial charge in [0.15, 0.2) is 0 Å². The van der Waals surface area contributed by atoms with E-state index in [9.17, 15) is 9.59 Å². The van der Waals surface area contributed by atoms with Crippen molar-refractivity contribution in [2.45, 2.75) is 25.8 Å².